The van der Waals surface area contributed by atoms with E-state index in [1.807, 2.05) is 0 Å². The minimum absolute atomic E-state index is 0.146. The van der Waals surface area contributed by atoms with E-state index < -0.39 is 0 Å². The highest BCUT2D eigenvalue weighted by Gasteiger charge is 2.21. The van der Waals surface area contributed by atoms with Gasteiger partial charge >= 0.3 is 0 Å². The van der Waals surface area contributed by atoms with Crippen molar-refractivity contribution >= 4 is 5.91 Å². The Kier molecular flexibility index (Phi) is 5.73. The van der Waals surface area contributed by atoms with E-state index in [9.17, 15) is 4.79 Å². The van der Waals surface area contributed by atoms with Gasteiger partial charge in [0.05, 0.1) is 18.7 Å². The third-order valence-corrected chi connectivity index (χ3v) is 3.30. The van der Waals surface area contributed by atoms with E-state index in [0.717, 1.165) is 12.5 Å². The Hall–Kier alpha value is -1.90. The van der Waals surface area contributed by atoms with Crippen LogP contribution in [0.15, 0.2) is 18.3 Å². The predicted molar refractivity (Wildman–Crippen MR) is 80.7 cm³/mol. The lowest BCUT2D eigenvalue weighted by molar-refractivity contribution is 0.0676. The second kappa shape index (κ2) is 7.77. The molecule has 0 aromatic carbocycles. The standard InChI is InChI=1S/C16H21N3O2/c1-19(10-11-21-12-13-6-7-13)16(20)15-14(4-2-8-17)5-3-9-18-15/h3,5,9,13H,6-8,10-12,17H2,1H3. The topological polar surface area (TPSA) is 68.5 Å². The van der Waals surface area contributed by atoms with Crippen LogP contribution in [0.2, 0.25) is 0 Å². The second-order valence-electron chi connectivity index (χ2n) is 5.15. The van der Waals surface area contributed by atoms with Crippen LogP contribution in [0.4, 0.5) is 0 Å². The molecule has 0 aliphatic heterocycles. The Labute approximate surface area is 125 Å². The Balaban J connectivity index is 1.91. The lowest BCUT2D eigenvalue weighted by Gasteiger charge is -2.17. The minimum Gasteiger partial charge on any atom is -0.379 e. The van der Waals surface area contributed by atoms with Crippen molar-refractivity contribution < 1.29 is 9.53 Å². The first-order valence-electron chi connectivity index (χ1n) is 7.19. The number of rotatable bonds is 6. The number of amides is 1. The highest BCUT2D eigenvalue weighted by Crippen LogP contribution is 2.28. The van der Waals surface area contributed by atoms with Gasteiger partial charge in [-0.2, -0.15) is 0 Å². The van der Waals surface area contributed by atoms with E-state index >= 15 is 0 Å². The number of likely N-dealkylation sites (N-methyl/N-ethyl adjacent to an activating group) is 1. The van der Waals surface area contributed by atoms with Gasteiger partial charge < -0.3 is 15.4 Å². The largest absolute Gasteiger partial charge is 0.379 e. The van der Waals surface area contributed by atoms with Crippen LogP contribution in [0, 0.1) is 17.8 Å². The summed E-state index contributed by atoms with van der Waals surface area (Å²) in [6.07, 6.45) is 4.13. The molecule has 21 heavy (non-hydrogen) atoms. The summed E-state index contributed by atoms with van der Waals surface area (Å²) in [6, 6.07) is 3.54. The molecule has 1 amide bonds. The number of aromatic nitrogens is 1. The van der Waals surface area contributed by atoms with Gasteiger partial charge in [-0.1, -0.05) is 11.8 Å². The molecule has 1 saturated carbocycles. The van der Waals surface area contributed by atoms with Crippen LogP contribution in [0.5, 0.6) is 0 Å². The van der Waals surface area contributed by atoms with Gasteiger partial charge in [0.1, 0.15) is 5.69 Å². The van der Waals surface area contributed by atoms with Crippen LogP contribution < -0.4 is 5.73 Å². The summed E-state index contributed by atoms with van der Waals surface area (Å²) in [5, 5.41) is 0. The molecule has 0 bridgehead atoms. The number of carbonyl (C=O) groups is 1. The maximum atomic E-state index is 12.4. The lowest BCUT2D eigenvalue weighted by Crippen LogP contribution is -2.31. The first-order chi connectivity index (χ1) is 10.2. The number of nitrogens with two attached hydrogens (primary N) is 1. The molecule has 1 heterocycles. The van der Waals surface area contributed by atoms with Gasteiger partial charge in [0.15, 0.2) is 0 Å². The zero-order chi connectivity index (χ0) is 15.1. The molecule has 112 valence electrons. The highest BCUT2D eigenvalue weighted by molar-refractivity contribution is 5.94. The average molecular weight is 287 g/mol. The molecule has 0 saturated heterocycles. The van der Waals surface area contributed by atoms with Crippen LogP contribution in [-0.2, 0) is 4.74 Å². The molecule has 1 aromatic heterocycles. The van der Waals surface area contributed by atoms with Gasteiger partial charge in [0.25, 0.3) is 5.91 Å². The molecule has 1 aromatic rings. The summed E-state index contributed by atoms with van der Waals surface area (Å²) in [4.78, 5) is 18.1. The monoisotopic (exact) mass is 287 g/mol. The zero-order valence-corrected chi connectivity index (χ0v) is 12.3. The number of nitrogens with zero attached hydrogens (tertiary/aromatic N) is 2. The van der Waals surface area contributed by atoms with Crippen molar-refractivity contribution in [3.05, 3.63) is 29.6 Å². The molecule has 2 N–H and O–H groups in total. The fraction of sp³-hybridized carbons (Fsp3) is 0.500. The van der Waals surface area contributed by atoms with Crippen molar-refractivity contribution in [2.75, 3.05) is 33.4 Å². The summed E-state index contributed by atoms with van der Waals surface area (Å²) in [5.41, 5.74) is 6.34. The molecule has 5 nitrogen and oxygen atoms in total. The highest BCUT2D eigenvalue weighted by atomic mass is 16.5. The maximum absolute atomic E-state index is 12.4. The molecule has 0 atom stereocenters. The second-order valence-corrected chi connectivity index (χ2v) is 5.15. The summed E-state index contributed by atoms with van der Waals surface area (Å²) in [7, 11) is 1.75. The smallest absolute Gasteiger partial charge is 0.273 e. The number of carbonyl (C=O) groups excluding carboxylic acids is 1. The lowest BCUT2D eigenvalue weighted by atomic mass is 10.2. The predicted octanol–water partition coefficient (Wildman–Crippen LogP) is 0.890. The third-order valence-electron chi connectivity index (χ3n) is 3.30. The Morgan fingerprint density at radius 3 is 3.10 bits per heavy atom. The normalized spacial score (nSPS) is 13.4. The Bertz CT molecular complexity index is 544. The molecule has 1 aliphatic carbocycles. The number of pyridine rings is 1. The van der Waals surface area contributed by atoms with E-state index in [4.69, 9.17) is 10.5 Å². The van der Waals surface area contributed by atoms with E-state index in [1.54, 1.807) is 30.3 Å². The molecule has 0 radical (unpaired) electrons. The maximum Gasteiger partial charge on any atom is 0.273 e. The molecule has 2 rings (SSSR count). The molecule has 1 fully saturated rings. The fourth-order valence-corrected chi connectivity index (χ4v) is 1.84. The summed E-state index contributed by atoms with van der Waals surface area (Å²) >= 11 is 0. The molecular formula is C16H21N3O2. The van der Waals surface area contributed by atoms with Crippen molar-refractivity contribution in [3.63, 3.8) is 0 Å². The molecular weight excluding hydrogens is 266 g/mol. The van der Waals surface area contributed by atoms with Crippen molar-refractivity contribution in [2.24, 2.45) is 11.7 Å². The first kappa shape index (κ1) is 15.5. The zero-order valence-electron chi connectivity index (χ0n) is 12.3. The quantitative estimate of drug-likeness (QED) is 0.623. The van der Waals surface area contributed by atoms with Crippen molar-refractivity contribution in [1.29, 1.82) is 0 Å². The van der Waals surface area contributed by atoms with E-state index in [2.05, 4.69) is 16.8 Å². The Morgan fingerprint density at radius 1 is 1.57 bits per heavy atom. The van der Waals surface area contributed by atoms with Gasteiger partial charge in [-0.15, -0.1) is 0 Å². The number of ether oxygens (including phenoxy) is 1. The molecule has 0 unspecified atom stereocenters. The SMILES string of the molecule is CN(CCOCC1CC1)C(=O)c1ncccc1C#CCN. The molecule has 1 aliphatic rings. The molecule has 5 heteroatoms. The van der Waals surface area contributed by atoms with E-state index in [1.165, 1.54) is 12.8 Å². The summed E-state index contributed by atoms with van der Waals surface area (Å²) in [6.45, 7) is 2.16. The molecule has 0 spiro atoms. The van der Waals surface area contributed by atoms with Crippen molar-refractivity contribution in [1.82, 2.24) is 9.88 Å². The van der Waals surface area contributed by atoms with Gasteiger partial charge in [-0.25, -0.2) is 4.98 Å². The van der Waals surface area contributed by atoms with Crippen LogP contribution in [0.25, 0.3) is 0 Å². The fourth-order valence-electron chi connectivity index (χ4n) is 1.84. The van der Waals surface area contributed by atoms with Crippen LogP contribution in [0.3, 0.4) is 0 Å². The van der Waals surface area contributed by atoms with Crippen LogP contribution >= 0.6 is 0 Å². The summed E-state index contributed by atoms with van der Waals surface area (Å²) < 4.78 is 5.55. The first-order valence-corrected chi connectivity index (χ1v) is 7.19. The van der Waals surface area contributed by atoms with Crippen LogP contribution in [-0.4, -0.2) is 49.1 Å². The van der Waals surface area contributed by atoms with Gasteiger partial charge in [-0.3, -0.25) is 4.79 Å². The summed E-state index contributed by atoms with van der Waals surface area (Å²) in [5.74, 6) is 6.23. The van der Waals surface area contributed by atoms with Crippen molar-refractivity contribution in [2.45, 2.75) is 12.8 Å². The minimum atomic E-state index is -0.146. The van der Waals surface area contributed by atoms with Crippen molar-refractivity contribution in [3.8, 4) is 11.8 Å². The van der Waals surface area contributed by atoms with Gasteiger partial charge in [0, 0.05) is 26.4 Å². The van der Waals surface area contributed by atoms with Gasteiger partial charge in [-0.05, 0) is 30.9 Å². The van der Waals surface area contributed by atoms with E-state index in [-0.39, 0.29) is 12.5 Å². The number of hydrogen-bond donors (Lipinski definition) is 1. The Morgan fingerprint density at radius 2 is 2.38 bits per heavy atom. The average Bonchev–Trinajstić information content (AvgIpc) is 3.33. The van der Waals surface area contributed by atoms with E-state index in [0.29, 0.717) is 24.4 Å². The van der Waals surface area contributed by atoms with Crippen LogP contribution in [0.1, 0.15) is 28.9 Å². The number of hydrogen-bond acceptors (Lipinski definition) is 4. The van der Waals surface area contributed by atoms with Gasteiger partial charge in [0.2, 0.25) is 0 Å². The third kappa shape index (κ3) is 4.85.